The molecule has 1 aliphatic heterocycles. The lowest BCUT2D eigenvalue weighted by molar-refractivity contribution is 0.0644. The van der Waals surface area contributed by atoms with Gasteiger partial charge in [-0.2, -0.15) is 0 Å². The van der Waals surface area contributed by atoms with Gasteiger partial charge in [0.1, 0.15) is 0 Å². The first-order chi connectivity index (χ1) is 8.22. The van der Waals surface area contributed by atoms with E-state index in [0.29, 0.717) is 18.7 Å². The van der Waals surface area contributed by atoms with Gasteiger partial charge in [0.05, 0.1) is 6.61 Å². The Kier molecular flexibility index (Phi) is 4.23. The zero-order valence-electron chi connectivity index (χ0n) is 10.6. The van der Waals surface area contributed by atoms with Gasteiger partial charge in [-0.1, -0.05) is 6.42 Å². The highest BCUT2D eigenvalue weighted by Gasteiger charge is 2.32. The third-order valence-electron chi connectivity index (χ3n) is 3.84. The lowest BCUT2D eigenvalue weighted by Gasteiger charge is -2.38. The van der Waals surface area contributed by atoms with Crippen LogP contribution in [0.15, 0.2) is 0 Å². The smallest absolute Gasteiger partial charge is 0.409 e. The summed E-state index contributed by atoms with van der Waals surface area (Å²) in [6, 6.07) is 0.850. The number of hydrogen-bond donors (Lipinski definition) is 1. The van der Waals surface area contributed by atoms with Gasteiger partial charge in [0, 0.05) is 38.3 Å². The molecule has 1 aliphatic carbocycles. The summed E-state index contributed by atoms with van der Waals surface area (Å²) < 4.78 is 5.01. The Morgan fingerprint density at radius 3 is 2.53 bits per heavy atom. The third-order valence-corrected chi connectivity index (χ3v) is 3.84. The molecule has 98 valence electrons. The molecule has 2 atom stereocenters. The van der Waals surface area contributed by atoms with Gasteiger partial charge in [-0.3, -0.25) is 4.90 Å². The van der Waals surface area contributed by atoms with E-state index in [9.17, 15) is 4.79 Å². The Morgan fingerprint density at radius 2 is 2.00 bits per heavy atom. The van der Waals surface area contributed by atoms with E-state index in [1.807, 2.05) is 6.92 Å². The van der Waals surface area contributed by atoms with Crippen LogP contribution in [-0.4, -0.2) is 60.8 Å². The first kappa shape index (κ1) is 12.6. The minimum atomic E-state index is -0.178. The van der Waals surface area contributed by atoms with E-state index in [4.69, 9.17) is 10.5 Å². The van der Waals surface area contributed by atoms with Gasteiger partial charge in [-0.25, -0.2) is 4.79 Å². The van der Waals surface area contributed by atoms with Gasteiger partial charge in [0.15, 0.2) is 0 Å². The van der Waals surface area contributed by atoms with Crippen molar-refractivity contribution in [2.24, 2.45) is 5.73 Å². The summed E-state index contributed by atoms with van der Waals surface area (Å²) >= 11 is 0. The molecule has 5 nitrogen and oxygen atoms in total. The van der Waals surface area contributed by atoms with Crippen molar-refractivity contribution in [2.45, 2.75) is 38.3 Å². The average molecular weight is 241 g/mol. The Balaban J connectivity index is 1.79. The summed E-state index contributed by atoms with van der Waals surface area (Å²) in [6.07, 6.45) is 3.41. The Bertz CT molecular complexity index is 264. The summed E-state index contributed by atoms with van der Waals surface area (Å²) in [4.78, 5) is 15.8. The van der Waals surface area contributed by atoms with Crippen LogP contribution in [-0.2, 0) is 4.74 Å². The topological polar surface area (TPSA) is 58.8 Å². The molecule has 1 saturated heterocycles. The number of nitrogens with two attached hydrogens (primary N) is 1. The molecule has 2 fully saturated rings. The summed E-state index contributed by atoms with van der Waals surface area (Å²) in [6.45, 7) is 5.68. The van der Waals surface area contributed by atoms with E-state index in [1.165, 1.54) is 12.8 Å². The molecule has 0 radical (unpaired) electrons. The zero-order chi connectivity index (χ0) is 12.3. The molecule has 2 unspecified atom stereocenters. The van der Waals surface area contributed by atoms with Crippen LogP contribution in [0.3, 0.4) is 0 Å². The van der Waals surface area contributed by atoms with Crippen molar-refractivity contribution in [1.82, 2.24) is 9.80 Å². The second kappa shape index (κ2) is 5.69. The molecule has 1 amide bonds. The van der Waals surface area contributed by atoms with Crippen molar-refractivity contribution >= 4 is 6.09 Å². The number of amides is 1. The SMILES string of the molecule is CCOC(=O)N1CCN(C2CCCC2N)CC1. The third kappa shape index (κ3) is 2.90. The molecule has 0 spiro atoms. The van der Waals surface area contributed by atoms with Crippen LogP contribution in [0.5, 0.6) is 0 Å². The number of ether oxygens (including phenoxy) is 1. The van der Waals surface area contributed by atoms with E-state index < -0.39 is 0 Å². The predicted molar refractivity (Wildman–Crippen MR) is 65.8 cm³/mol. The van der Waals surface area contributed by atoms with Crippen molar-refractivity contribution in [3.8, 4) is 0 Å². The zero-order valence-corrected chi connectivity index (χ0v) is 10.6. The Labute approximate surface area is 103 Å². The van der Waals surface area contributed by atoms with Crippen molar-refractivity contribution in [3.63, 3.8) is 0 Å². The number of hydrogen-bond acceptors (Lipinski definition) is 4. The van der Waals surface area contributed by atoms with Crippen LogP contribution in [0.1, 0.15) is 26.2 Å². The van der Waals surface area contributed by atoms with Gasteiger partial charge in [0.25, 0.3) is 0 Å². The summed E-state index contributed by atoms with van der Waals surface area (Å²) in [7, 11) is 0. The maximum atomic E-state index is 11.6. The van der Waals surface area contributed by atoms with Crippen molar-refractivity contribution in [1.29, 1.82) is 0 Å². The highest BCUT2D eigenvalue weighted by atomic mass is 16.6. The summed E-state index contributed by atoms with van der Waals surface area (Å²) in [5.74, 6) is 0. The molecule has 0 aromatic rings. The fourth-order valence-corrected chi connectivity index (χ4v) is 2.87. The molecular weight excluding hydrogens is 218 g/mol. The average Bonchev–Trinajstić information content (AvgIpc) is 2.76. The molecule has 5 heteroatoms. The Morgan fingerprint density at radius 1 is 1.29 bits per heavy atom. The van der Waals surface area contributed by atoms with Gasteiger partial charge in [-0.05, 0) is 19.8 Å². The van der Waals surface area contributed by atoms with Crippen molar-refractivity contribution in [3.05, 3.63) is 0 Å². The van der Waals surface area contributed by atoms with E-state index in [2.05, 4.69) is 4.90 Å². The molecule has 0 aromatic heterocycles. The second-order valence-electron chi connectivity index (χ2n) is 4.88. The maximum Gasteiger partial charge on any atom is 0.409 e. The molecule has 2 aliphatic rings. The monoisotopic (exact) mass is 241 g/mol. The van der Waals surface area contributed by atoms with Gasteiger partial charge < -0.3 is 15.4 Å². The van der Waals surface area contributed by atoms with E-state index in [0.717, 1.165) is 32.6 Å². The maximum absolute atomic E-state index is 11.6. The number of piperazine rings is 1. The van der Waals surface area contributed by atoms with Crippen LogP contribution in [0, 0.1) is 0 Å². The fraction of sp³-hybridized carbons (Fsp3) is 0.917. The molecule has 1 heterocycles. The first-order valence-corrected chi connectivity index (χ1v) is 6.63. The normalized spacial score (nSPS) is 30.6. The number of rotatable bonds is 2. The quantitative estimate of drug-likeness (QED) is 0.771. The minimum absolute atomic E-state index is 0.178. The lowest BCUT2D eigenvalue weighted by Crippen LogP contribution is -2.55. The van der Waals surface area contributed by atoms with E-state index >= 15 is 0 Å². The number of carbonyl (C=O) groups excluding carboxylic acids is 1. The summed E-state index contributed by atoms with van der Waals surface area (Å²) in [5, 5.41) is 0. The molecule has 17 heavy (non-hydrogen) atoms. The lowest BCUT2D eigenvalue weighted by atomic mass is 10.1. The van der Waals surface area contributed by atoms with Gasteiger partial charge in [0.2, 0.25) is 0 Å². The second-order valence-corrected chi connectivity index (χ2v) is 4.88. The molecule has 2 N–H and O–H groups in total. The van der Waals surface area contributed by atoms with Crippen LogP contribution in [0.25, 0.3) is 0 Å². The van der Waals surface area contributed by atoms with Crippen LogP contribution in [0.2, 0.25) is 0 Å². The van der Waals surface area contributed by atoms with Crippen LogP contribution < -0.4 is 5.73 Å². The highest BCUT2D eigenvalue weighted by Crippen LogP contribution is 2.23. The summed E-state index contributed by atoms with van der Waals surface area (Å²) in [5.41, 5.74) is 6.11. The van der Waals surface area contributed by atoms with Crippen LogP contribution >= 0.6 is 0 Å². The van der Waals surface area contributed by atoms with Crippen molar-refractivity contribution in [2.75, 3.05) is 32.8 Å². The van der Waals surface area contributed by atoms with E-state index in [-0.39, 0.29) is 6.09 Å². The van der Waals surface area contributed by atoms with Crippen LogP contribution in [0.4, 0.5) is 4.79 Å². The van der Waals surface area contributed by atoms with Gasteiger partial charge >= 0.3 is 6.09 Å². The van der Waals surface area contributed by atoms with Gasteiger partial charge in [-0.15, -0.1) is 0 Å². The highest BCUT2D eigenvalue weighted by molar-refractivity contribution is 5.67. The molecule has 2 rings (SSSR count). The molecule has 1 saturated carbocycles. The predicted octanol–water partition coefficient (Wildman–Crippen LogP) is 0.640. The molecule has 0 bridgehead atoms. The Hall–Kier alpha value is -0.810. The minimum Gasteiger partial charge on any atom is -0.450 e. The molecular formula is C12H23N3O2. The first-order valence-electron chi connectivity index (χ1n) is 6.63. The number of nitrogens with zero attached hydrogens (tertiary/aromatic N) is 2. The number of carbonyl (C=O) groups is 1. The van der Waals surface area contributed by atoms with Crippen molar-refractivity contribution < 1.29 is 9.53 Å². The standard InChI is InChI=1S/C12H23N3O2/c1-2-17-12(16)15-8-6-14(7-9-15)11-5-3-4-10(11)13/h10-11H,2-9,13H2,1H3. The fourth-order valence-electron chi connectivity index (χ4n) is 2.87. The molecule has 0 aromatic carbocycles. The largest absolute Gasteiger partial charge is 0.450 e. The van der Waals surface area contributed by atoms with E-state index in [1.54, 1.807) is 4.90 Å².